The summed E-state index contributed by atoms with van der Waals surface area (Å²) in [7, 11) is 0. The van der Waals surface area contributed by atoms with Crippen LogP contribution < -0.4 is 11.1 Å². The van der Waals surface area contributed by atoms with Gasteiger partial charge in [-0.3, -0.25) is 4.79 Å². The molecule has 0 saturated carbocycles. The zero-order valence-corrected chi connectivity index (χ0v) is 15.2. The normalized spacial score (nSPS) is 19.5. The Hall–Kier alpha value is -1.27. The van der Waals surface area contributed by atoms with Crippen molar-refractivity contribution in [2.45, 2.75) is 38.0 Å². The number of halogens is 2. The molecule has 1 fully saturated rings. The molecule has 0 aliphatic carbocycles. The molecule has 1 aliphatic rings. The third kappa shape index (κ3) is 4.86. The van der Waals surface area contributed by atoms with Crippen molar-refractivity contribution in [3.05, 3.63) is 36.5 Å². The van der Waals surface area contributed by atoms with Crippen LogP contribution in [0.15, 0.2) is 36.5 Å². The predicted octanol–water partition coefficient (Wildman–Crippen LogP) is 2.50. The first-order valence-electron chi connectivity index (χ1n) is 7.95. The number of fused-ring (bicyclic) bond motifs is 1. The second-order valence-electron chi connectivity index (χ2n) is 5.77. The van der Waals surface area contributed by atoms with E-state index in [1.807, 2.05) is 12.1 Å². The Morgan fingerprint density at radius 3 is 2.79 bits per heavy atom. The summed E-state index contributed by atoms with van der Waals surface area (Å²) < 4.78 is 7.81. The van der Waals surface area contributed by atoms with Crippen LogP contribution in [0.2, 0.25) is 0 Å². The number of nitrogens with two attached hydrogens (primary N) is 1. The monoisotopic (exact) mass is 373 g/mol. The van der Waals surface area contributed by atoms with Crippen LogP contribution in [0.5, 0.6) is 0 Å². The molecule has 7 heteroatoms. The van der Waals surface area contributed by atoms with Gasteiger partial charge in [-0.2, -0.15) is 0 Å². The van der Waals surface area contributed by atoms with Crippen LogP contribution >= 0.6 is 24.8 Å². The largest absolute Gasteiger partial charge is 0.364 e. The van der Waals surface area contributed by atoms with Crippen molar-refractivity contribution in [2.75, 3.05) is 13.1 Å². The zero-order chi connectivity index (χ0) is 15.4. The number of hydrogen-bond donors (Lipinski definition) is 2. The molecular formula is C17H25Cl2N3O2. The zero-order valence-electron chi connectivity index (χ0n) is 13.5. The minimum absolute atomic E-state index is 0. The maximum atomic E-state index is 12.0. The number of hydrogen-bond acceptors (Lipinski definition) is 3. The molecule has 5 nitrogen and oxygen atoms in total. The van der Waals surface area contributed by atoms with Gasteiger partial charge in [0.1, 0.15) is 6.10 Å². The molecule has 0 radical (unpaired) electrons. The number of ether oxygens (including phenoxy) is 1. The lowest BCUT2D eigenvalue weighted by molar-refractivity contribution is -0.131. The summed E-state index contributed by atoms with van der Waals surface area (Å²) in [5, 5.41) is 4.21. The number of carbonyl (C=O) groups excluding carboxylic acids is 1. The molecule has 1 amide bonds. The quantitative estimate of drug-likeness (QED) is 0.764. The summed E-state index contributed by atoms with van der Waals surface area (Å²) in [4.78, 5) is 12.0. The molecule has 3 rings (SSSR count). The number of benzene rings is 1. The first-order valence-corrected chi connectivity index (χ1v) is 7.95. The molecule has 2 aromatic rings. The number of aromatic nitrogens is 1. The third-order valence-electron chi connectivity index (χ3n) is 4.22. The van der Waals surface area contributed by atoms with E-state index in [1.165, 1.54) is 10.9 Å². The number of para-hydroxylation sites is 1. The van der Waals surface area contributed by atoms with Gasteiger partial charge in [0.25, 0.3) is 0 Å². The van der Waals surface area contributed by atoms with Crippen LogP contribution in [-0.4, -0.2) is 35.8 Å². The van der Waals surface area contributed by atoms with E-state index in [0.717, 1.165) is 25.8 Å². The van der Waals surface area contributed by atoms with E-state index in [1.54, 1.807) is 0 Å². The van der Waals surface area contributed by atoms with Crippen molar-refractivity contribution in [1.29, 1.82) is 0 Å². The molecule has 1 aromatic carbocycles. The van der Waals surface area contributed by atoms with E-state index in [0.29, 0.717) is 13.1 Å². The Labute approximate surface area is 154 Å². The topological polar surface area (TPSA) is 69.3 Å². The number of nitrogens with one attached hydrogen (secondary N) is 1. The molecule has 1 aliphatic heterocycles. The summed E-state index contributed by atoms with van der Waals surface area (Å²) in [6.45, 7) is 2.05. The van der Waals surface area contributed by atoms with Gasteiger partial charge in [0.15, 0.2) is 0 Å². The van der Waals surface area contributed by atoms with E-state index in [4.69, 9.17) is 10.5 Å². The van der Waals surface area contributed by atoms with Gasteiger partial charge in [-0.25, -0.2) is 0 Å². The number of nitrogens with zero attached hydrogens (tertiary/aromatic N) is 1. The van der Waals surface area contributed by atoms with E-state index >= 15 is 0 Å². The van der Waals surface area contributed by atoms with Gasteiger partial charge in [0.05, 0.1) is 6.10 Å². The van der Waals surface area contributed by atoms with Crippen molar-refractivity contribution in [3.63, 3.8) is 0 Å². The van der Waals surface area contributed by atoms with Crippen molar-refractivity contribution >= 4 is 41.6 Å². The van der Waals surface area contributed by atoms with Crippen LogP contribution in [0.1, 0.15) is 19.3 Å². The lowest BCUT2D eigenvalue weighted by Crippen LogP contribution is -2.36. The van der Waals surface area contributed by atoms with Crippen LogP contribution in [0.25, 0.3) is 10.9 Å². The minimum Gasteiger partial charge on any atom is -0.364 e. The minimum atomic E-state index is -0.319. The Balaban J connectivity index is 0.00000144. The molecule has 0 spiro atoms. The summed E-state index contributed by atoms with van der Waals surface area (Å²) >= 11 is 0. The predicted molar refractivity (Wildman–Crippen MR) is 101 cm³/mol. The van der Waals surface area contributed by atoms with Gasteiger partial charge in [-0.05, 0) is 36.8 Å². The van der Waals surface area contributed by atoms with Crippen LogP contribution in [0.3, 0.4) is 0 Å². The molecule has 2 atom stereocenters. The average Bonchev–Trinajstić information content (AvgIpc) is 3.18. The van der Waals surface area contributed by atoms with Gasteiger partial charge in [-0.15, -0.1) is 24.8 Å². The van der Waals surface area contributed by atoms with E-state index < -0.39 is 0 Å². The first-order chi connectivity index (χ1) is 10.8. The highest BCUT2D eigenvalue weighted by Gasteiger charge is 2.29. The Morgan fingerprint density at radius 1 is 1.25 bits per heavy atom. The molecule has 134 valence electrons. The van der Waals surface area contributed by atoms with Crippen LogP contribution in [0.4, 0.5) is 0 Å². The molecule has 2 heterocycles. The van der Waals surface area contributed by atoms with Crippen LogP contribution in [0, 0.1) is 0 Å². The molecule has 0 unspecified atom stereocenters. The molecule has 1 saturated heterocycles. The highest BCUT2D eigenvalue weighted by molar-refractivity contribution is 5.85. The fourth-order valence-electron chi connectivity index (χ4n) is 2.98. The maximum Gasteiger partial charge on any atom is 0.249 e. The average molecular weight is 374 g/mol. The fraction of sp³-hybridized carbons (Fsp3) is 0.471. The maximum absolute atomic E-state index is 12.0. The Bertz CT molecular complexity index is 648. The summed E-state index contributed by atoms with van der Waals surface area (Å²) in [6.07, 6.45) is 4.37. The summed E-state index contributed by atoms with van der Waals surface area (Å²) in [5.41, 5.74) is 6.79. The number of aryl methyl sites for hydroxylation is 1. The van der Waals surface area contributed by atoms with Crippen molar-refractivity contribution in [2.24, 2.45) is 5.73 Å². The molecule has 1 aromatic heterocycles. The van der Waals surface area contributed by atoms with Gasteiger partial charge in [0, 0.05) is 31.3 Å². The van der Waals surface area contributed by atoms with Gasteiger partial charge < -0.3 is 20.4 Å². The van der Waals surface area contributed by atoms with E-state index in [9.17, 15) is 4.79 Å². The lowest BCUT2D eigenvalue weighted by atomic mass is 10.2. The first kappa shape index (κ1) is 20.8. The van der Waals surface area contributed by atoms with Gasteiger partial charge in [0.2, 0.25) is 5.91 Å². The fourth-order valence-corrected chi connectivity index (χ4v) is 2.98. The standard InChI is InChI=1S/C17H23N3O2.2ClH/c18-12-14-6-7-16(22-14)17(21)19-9-3-10-20-11-8-13-4-1-2-5-15(13)20;;/h1-2,4-5,8,11,14,16H,3,6-7,9-10,12,18H2,(H,19,21);2*1H/t14-,16+;;/m1../s1. The third-order valence-corrected chi connectivity index (χ3v) is 4.22. The highest BCUT2D eigenvalue weighted by atomic mass is 35.5. The second-order valence-corrected chi connectivity index (χ2v) is 5.77. The van der Waals surface area contributed by atoms with Crippen molar-refractivity contribution in [3.8, 4) is 0 Å². The molecule has 0 bridgehead atoms. The lowest BCUT2D eigenvalue weighted by Gasteiger charge is -2.13. The van der Waals surface area contributed by atoms with E-state index in [2.05, 4.69) is 34.3 Å². The van der Waals surface area contributed by atoms with Crippen molar-refractivity contribution < 1.29 is 9.53 Å². The van der Waals surface area contributed by atoms with Crippen molar-refractivity contribution in [1.82, 2.24) is 9.88 Å². The number of rotatable bonds is 6. The van der Waals surface area contributed by atoms with E-state index in [-0.39, 0.29) is 42.9 Å². The summed E-state index contributed by atoms with van der Waals surface area (Å²) in [6, 6.07) is 10.4. The number of carbonyl (C=O) groups is 1. The van der Waals surface area contributed by atoms with Gasteiger partial charge >= 0.3 is 0 Å². The van der Waals surface area contributed by atoms with Crippen LogP contribution in [-0.2, 0) is 16.1 Å². The Kier molecular flexibility index (Phi) is 8.56. The molecular weight excluding hydrogens is 349 g/mol. The molecule has 24 heavy (non-hydrogen) atoms. The Morgan fingerprint density at radius 2 is 2.04 bits per heavy atom. The number of amides is 1. The SMILES string of the molecule is Cl.Cl.NC[C@H]1CC[C@@H](C(=O)NCCCn2ccc3ccccc32)O1. The summed E-state index contributed by atoms with van der Waals surface area (Å²) in [5.74, 6) is -0.00619. The molecule has 3 N–H and O–H groups in total. The van der Waals surface area contributed by atoms with Gasteiger partial charge in [-0.1, -0.05) is 18.2 Å². The smallest absolute Gasteiger partial charge is 0.249 e. The highest BCUT2D eigenvalue weighted by Crippen LogP contribution is 2.19. The second kappa shape index (κ2) is 9.89.